The Morgan fingerprint density at radius 3 is 1.16 bits per heavy atom. The lowest BCUT2D eigenvalue weighted by Crippen LogP contribution is -2.46. The number of nitrogens with one attached hydrogen (secondary N) is 1. The van der Waals surface area contributed by atoms with Crippen molar-refractivity contribution in [2.45, 2.75) is 244 Å². The highest BCUT2D eigenvalue weighted by molar-refractivity contribution is 7.45. The van der Waals surface area contributed by atoms with Crippen LogP contribution in [0.25, 0.3) is 0 Å². The summed E-state index contributed by atoms with van der Waals surface area (Å²) in [6, 6.07) is -0.829. The minimum Gasteiger partial charge on any atom is -0.756 e. The first kappa shape index (κ1) is 72.6. The molecule has 0 rings (SSSR count). The molecule has 0 spiro atoms. The third kappa shape index (κ3) is 58.3. The number of amides is 1. The number of aliphatic hydroxyl groups is 1. The average Bonchev–Trinajstić information content (AvgIpc) is 3.38. The Morgan fingerprint density at radius 1 is 0.474 bits per heavy atom. The van der Waals surface area contributed by atoms with Crippen LogP contribution in [0.3, 0.4) is 0 Å². The van der Waals surface area contributed by atoms with Crippen molar-refractivity contribution in [1.29, 1.82) is 0 Å². The zero-order valence-electron chi connectivity index (χ0n) is 49.4. The van der Waals surface area contributed by atoms with Gasteiger partial charge in [-0.2, -0.15) is 0 Å². The van der Waals surface area contributed by atoms with Crippen LogP contribution in [0.5, 0.6) is 0 Å². The molecule has 3 atom stereocenters. The molecule has 9 heteroatoms. The van der Waals surface area contributed by atoms with Gasteiger partial charge in [0, 0.05) is 6.42 Å². The molecule has 2 N–H and O–H groups in total. The molecule has 0 aliphatic carbocycles. The van der Waals surface area contributed by atoms with E-state index in [2.05, 4.69) is 153 Å². The van der Waals surface area contributed by atoms with Crippen molar-refractivity contribution in [3.63, 3.8) is 0 Å². The smallest absolute Gasteiger partial charge is 0.268 e. The first-order chi connectivity index (χ1) is 37.0. The molecule has 76 heavy (non-hydrogen) atoms. The highest BCUT2D eigenvalue weighted by Gasteiger charge is 2.24. The second kappa shape index (κ2) is 56.4. The maximum absolute atomic E-state index is 13.0. The zero-order valence-corrected chi connectivity index (χ0v) is 50.3. The van der Waals surface area contributed by atoms with Crippen molar-refractivity contribution < 1.29 is 32.9 Å². The first-order valence-corrected chi connectivity index (χ1v) is 32.0. The number of rotatable bonds is 54. The van der Waals surface area contributed by atoms with Gasteiger partial charge in [-0.25, -0.2) is 0 Å². The molecule has 0 radical (unpaired) electrons. The molecule has 0 aliphatic heterocycles. The minimum atomic E-state index is -4.59. The van der Waals surface area contributed by atoms with Crippen molar-refractivity contribution in [1.82, 2.24) is 5.32 Å². The number of hydrogen-bond acceptors (Lipinski definition) is 6. The van der Waals surface area contributed by atoms with E-state index in [1.807, 2.05) is 21.1 Å². The summed E-state index contributed by atoms with van der Waals surface area (Å²) in [6.07, 6.45) is 84.9. The van der Waals surface area contributed by atoms with Gasteiger partial charge in [-0.1, -0.05) is 263 Å². The van der Waals surface area contributed by atoms with Gasteiger partial charge in [0.2, 0.25) is 5.91 Å². The van der Waals surface area contributed by atoms with Crippen molar-refractivity contribution in [2.24, 2.45) is 0 Å². The SMILES string of the molecule is CC/C=C\C/C=C\C/C=C\C/C=C\C/C=C\C/C=C\C/C=C\C/C=C\C/C=C\C/C=C\C/C=C\CCCCCC(=O)NC(COP(=O)([O-])OCC[N+](C)(C)C)C(O)CCCCCCCCCCCCCCCCCCC. The maximum Gasteiger partial charge on any atom is 0.268 e. The maximum atomic E-state index is 13.0. The number of unbranched alkanes of at least 4 members (excludes halogenated alkanes) is 19. The van der Waals surface area contributed by atoms with Crippen LogP contribution in [0.1, 0.15) is 232 Å². The predicted octanol–water partition coefficient (Wildman–Crippen LogP) is 18.5. The molecule has 0 bridgehead atoms. The third-order valence-electron chi connectivity index (χ3n) is 12.9. The fourth-order valence-electron chi connectivity index (χ4n) is 8.16. The highest BCUT2D eigenvalue weighted by Crippen LogP contribution is 2.38. The molecule has 0 saturated carbocycles. The number of phosphoric ester groups is 1. The molecular weight excluding hydrogens is 960 g/mol. The number of likely N-dealkylation sites (N-methyl/N-ethyl adjacent to an activating group) is 1. The Labute approximate surface area is 468 Å². The lowest BCUT2D eigenvalue weighted by Gasteiger charge is -2.30. The summed E-state index contributed by atoms with van der Waals surface area (Å²) in [5.74, 6) is -0.201. The molecule has 0 heterocycles. The third-order valence-corrected chi connectivity index (χ3v) is 13.9. The second-order valence-electron chi connectivity index (χ2n) is 21.3. The van der Waals surface area contributed by atoms with E-state index in [-0.39, 0.29) is 19.1 Å². The van der Waals surface area contributed by atoms with Gasteiger partial charge in [-0.3, -0.25) is 9.36 Å². The fourth-order valence-corrected chi connectivity index (χ4v) is 8.88. The summed E-state index contributed by atoms with van der Waals surface area (Å²) < 4.78 is 23.4. The van der Waals surface area contributed by atoms with Gasteiger partial charge >= 0.3 is 0 Å². The Kier molecular flexibility index (Phi) is 53.9. The van der Waals surface area contributed by atoms with Crippen LogP contribution in [0, 0.1) is 0 Å². The van der Waals surface area contributed by atoms with E-state index in [1.54, 1.807) is 0 Å². The van der Waals surface area contributed by atoms with Crippen LogP contribution in [0.4, 0.5) is 0 Å². The number of nitrogens with zero attached hydrogens (tertiary/aromatic N) is 1. The summed E-state index contributed by atoms with van der Waals surface area (Å²) in [7, 11) is 1.26. The zero-order chi connectivity index (χ0) is 55.6. The van der Waals surface area contributed by atoms with E-state index in [0.717, 1.165) is 116 Å². The lowest BCUT2D eigenvalue weighted by atomic mass is 10.0. The molecule has 0 aromatic rings. The Morgan fingerprint density at radius 2 is 0.803 bits per heavy atom. The number of carbonyl (C=O) groups excluding carboxylic acids is 1. The van der Waals surface area contributed by atoms with E-state index >= 15 is 0 Å². The van der Waals surface area contributed by atoms with E-state index in [9.17, 15) is 19.4 Å². The standard InChI is InChI=1S/C67H115N2O6P/c1-6-8-10-12-14-16-18-20-22-24-25-26-27-28-29-30-31-32-33-34-35-36-37-38-39-40-41-42-43-45-47-49-51-53-55-57-59-61-67(71)68-65(64-75-76(72,73)74-63-62-69(3,4)5)66(70)60-58-56-54-52-50-48-46-44-23-21-19-17-15-13-11-9-7-2/h8,10,14,16,20,22,25-26,28-29,31-32,34-35,37-38,40-41,43,45,49,51,65-66,70H,6-7,9,11-13,15,17-19,21,23-24,27,30,33,36,39,42,44,46-48,50,52-64H2,1-5H3,(H-,68,71,72,73)/b10-8-,16-14-,22-20-,26-25-,29-28-,32-31-,35-34-,38-37-,41-40-,45-43-,51-49-. The number of allylic oxidation sites excluding steroid dienone is 22. The molecule has 0 aromatic heterocycles. The molecule has 0 saturated heterocycles. The predicted molar refractivity (Wildman–Crippen MR) is 329 cm³/mol. The summed E-state index contributed by atoms with van der Waals surface area (Å²) in [5.41, 5.74) is 0. The van der Waals surface area contributed by atoms with Crippen LogP contribution >= 0.6 is 7.82 Å². The molecule has 3 unspecified atom stereocenters. The number of hydrogen-bond donors (Lipinski definition) is 2. The van der Waals surface area contributed by atoms with Gasteiger partial charge in [0.15, 0.2) is 0 Å². The average molecular weight is 1080 g/mol. The molecule has 8 nitrogen and oxygen atoms in total. The van der Waals surface area contributed by atoms with Gasteiger partial charge in [0.1, 0.15) is 13.2 Å². The number of quaternary nitrogens is 1. The molecule has 0 aromatic carbocycles. The molecule has 0 aliphatic rings. The van der Waals surface area contributed by atoms with E-state index in [4.69, 9.17) is 9.05 Å². The summed E-state index contributed by atoms with van der Waals surface area (Å²) in [6.45, 7) is 4.58. The van der Waals surface area contributed by atoms with E-state index in [0.29, 0.717) is 23.9 Å². The van der Waals surface area contributed by atoms with Crippen LogP contribution in [0.15, 0.2) is 134 Å². The molecule has 434 valence electrons. The first-order valence-electron chi connectivity index (χ1n) is 30.5. The van der Waals surface area contributed by atoms with Crippen molar-refractivity contribution in [3.05, 3.63) is 134 Å². The topological polar surface area (TPSA) is 108 Å². The monoisotopic (exact) mass is 1070 g/mol. The van der Waals surface area contributed by atoms with Crippen molar-refractivity contribution in [2.75, 3.05) is 40.9 Å². The quantitative estimate of drug-likeness (QED) is 0.0272. The van der Waals surface area contributed by atoms with Gasteiger partial charge in [0.05, 0.1) is 39.9 Å². The Balaban J connectivity index is 4.24. The molecular formula is C67H115N2O6P. The van der Waals surface area contributed by atoms with Gasteiger partial charge in [0.25, 0.3) is 7.82 Å². The van der Waals surface area contributed by atoms with Crippen molar-refractivity contribution >= 4 is 13.7 Å². The minimum absolute atomic E-state index is 0.00157. The highest BCUT2D eigenvalue weighted by atomic mass is 31.2. The van der Waals surface area contributed by atoms with Gasteiger partial charge in [-0.05, 0) is 96.3 Å². The summed E-state index contributed by atoms with van der Waals surface area (Å²) >= 11 is 0. The lowest BCUT2D eigenvalue weighted by molar-refractivity contribution is -0.870. The Hall–Kier alpha value is -3.36. The largest absolute Gasteiger partial charge is 0.756 e. The number of carbonyl (C=O) groups is 1. The van der Waals surface area contributed by atoms with Gasteiger partial charge in [-0.15, -0.1) is 0 Å². The molecule has 0 fully saturated rings. The fraction of sp³-hybridized carbons (Fsp3) is 0.657. The second-order valence-corrected chi connectivity index (χ2v) is 22.7. The van der Waals surface area contributed by atoms with Crippen molar-refractivity contribution in [3.8, 4) is 0 Å². The van der Waals surface area contributed by atoms with Crippen LogP contribution in [-0.2, 0) is 18.4 Å². The van der Waals surface area contributed by atoms with E-state index < -0.39 is 20.0 Å². The normalized spacial score (nSPS) is 14.8. The van der Waals surface area contributed by atoms with Crippen LogP contribution in [-0.4, -0.2) is 68.5 Å². The van der Waals surface area contributed by atoms with Gasteiger partial charge < -0.3 is 28.8 Å². The molecule has 1 amide bonds. The number of phosphoric acid groups is 1. The van der Waals surface area contributed by atoms with E-state index in [1.165, 1.54) is 89.9 Å². The van der Waals surface area contributed by atoms with Crippen LogP contribution < -0.4 is 10.2 Å². The Bertz CT molecular complexity index is 1700. The van der Waals surface area contributed by atoms with Crippen LogP contribution in [0.2, 0.25) is 0 Å². The number of aliphatic hydroxyl groups excluding tert-OH is 1. The summed E-state index contributed by atoms with van der Waals surface area (Å²) in [4.78, 5) is 25.5. The summed E-state index contributed by atoms with van der Waals surface area (Å²) in [5, 5.41) is 14.0.